The fraction of sp³-hybridized carbons (Fsp3) is 0.368. The molecule has 1 unspecified atom stereocenters. The van der Waals surface area contributed by atoms with E-state index in [1.165, 1.54) is 11.1 Å². The molecule has 0 saturated heterocycles. The van der Waals surface area contributed by atoms with Crippen molar-refractivity contribution >= 4 is 0 Å². The van der Waals surface area contributed by atoms with E-state index >= 15 is 0 Å². The molecule has 0 heterocycles. The van der Waals surface area contributed by atoms with Crippen LogP contribution in [0.15, 0.2) is 54.6 Å². The van der Waals surface area contributed by atoms with E-state index in [0.717, 1.165) is 18.8 Å². The molecule has 0 aliphatic carbocycles. The Morgan fingerprint density at radius 1 is 0.857 bits per heavy atom. The van der Waals surface area contributed by atoms with Crippen molar-refractivity contribution < 1.29 is 4.74 Å². The molecule has 2 aromatic rings. The van der Waals surface area contributed by atoms with Crippen LogP contribution in [0.3, 0.4) is 0 Å². The van der Waals surface area contributed by atoms with Gasteiger partial charge in [-0.3, -0.25) is 0 Å². The molecule has 2 heteroatoms. The van der Waals surface area contributed by atoms with Crippen LogP contribution in [0, 0.1) is 0 Å². The molecule has 0 aliphatic heterocycles. The molecular weight excluding hydrogens is 258 g/mol. The average molecular weight is 283 g/mol. The van der Waals surface area contributed by atoms with E-state index in [1.807, 2.05) is 0 Å². The number of hydrogen-bond acceptors (Lipinski definition) is 2. The first kappa shape index (κ1) is 15.6. The maximum absolute atomic E-state index is 5.62. The Balaban J connectivity index is 1.95. The van der Waals surface area contributed by atoms with Gasteiger partial charge in [0, 0.05) is 12.1 Å². The summed E-state index contributed by atoms with van der Waals surface area (Å²) in [4.78, 5) is 0. The van der Waals surface area contributed by atoms with Gasteiger partial charge in [-0.1, -0.05) is 49.4 Å². The highest BCUT2D eigenvalue weighted by Crippen LogP contribution is 2.21. The lowest BCUT2D eigenvalue weighted by Gasteiger charge is -2.21. The van der Waals surface area contributed by atoms with E-state index in [4.69, 9.17) is 4.74 Å². The first-order chi connectivity index (χ1) is 10.2. The van der Waals surface area contributed by atoms with Gasteiger partial charge in [0.25, 0.3) is 0 Å². The Labute approximate surface area is 128 Å². The quantitative estimate of drug-likeness (QED) is 0.781. The molecule has 112 valence electrons. The van der Waals surface area contributed by atoms with Crippen LogP contribution in [0.1, 0.15) is 50.4 Å². The molecular formula is C19H25NO. The van der Waals surface area contributed by atoms with Gasteiger partial charge in [0.05, 0.1) is 6.61 Å². The Morgan fingerprint density at radius 2 is 1.43 bits per heavy atom. The number of hydrogen-bond donors (Lipinski definition) is 1. The lowest BCUT2D eigenvalue weighted by Crippen LogP contribution is -2.22. The van der Waals surface area contributed by atoms with Gasteiger partial charge in [-0.15, -0.1) is 0 Å². The Kier molecular flexibility index (Phi) is 5.82. The minimum Gasteiger partial charge on any atom is -0.494 e. The highest BCUT2D eigenvalue weighted by Gasteiger charge is 2.10. The van der Waals surface area contributed by atoms with E-state index in [2.05, 4.69) is 80.7 Å². The number of rotatable bonds is 7. The molecule has 0 fully saturated rings. The normalized spacial score (nSPS) is 13.7. The summed E-state index contributed by atoms with van der Waals surface area (Å²) in [6.07, 6.45) is 1.04. The molecule has 0 aromatic heterocycles. The van der Waals surface area contributed by atoms with Crippen LogP contribution >= 0.6 is 0 Å². The van der Waals surface area contributed by atoms with Crippen molar-refractivity contribution in [2.24, 2.45) is 0 Å². The van der Waals surface area contributed by atoms with Gasteiger partial charge in [0.1, 0.15) is 5.75 Å². The summed E-state index contributed by atoms with van der Waals surface area (Å²) in [5.41, 5.74) is 2.59. The van der Waals surface area contributed by atoms with Crippen LogP contribution in [-0.4, -0.2) is 6.61 Å². The lowest BCUT2D eigenvalue weighted by molar-refractivity contribution is 0.317. The number of ether oxygens (including phenoxy) is 1. The van der Waals surface area contributed by atoms with Gasteiger partial charge >= 0.3 is 0 Å². The summed E-state index contributed by atoms with van der Waals surface area (Å²) in [7, 11) is 0. The zero-order valence-corrected chi connectivity index (χ0v) is 13.2. The first-order valence-electron chi connectivity index (χ1n) is 7.74. The largest absolute Gasteiger partial charge is 0.494 e. The van der Waals surface area contributed by atoms with E-state index in [0.29, 0.717) is 12.1 Å². The zero-order chi connectivity index (χ0) is 15.1. The molecule has 2 atom stereocenters. The van der Waals surface area contributed by atoms with Crippen molar-refractivity contribution in [3.05, 3.63) is 65.7 Å². The molecule has 0 aliphatic rings. The van der Waals surface area contributed by atoms with Crippen molar-refractivity contribution in [3.8, 4) is 5.75 Å². The predicted octanol–water partition coefficient (Wildman–Crippen LogP) is 4.89. The molecule has 2 aromatic carbocycles. The monoisotopic (exact) mass is 283 g/mol. The molecule has 21 heavy (non-hydrogen) atoms. The predicted molar refractivity (Wildman–Crippen MR) is 88.6 cm³/mol. The van der Waals surface area contributed by atoms with E-state index < -0.39 is 0 Å². The van der Waals surface area contributed by atoms with E-state index in [1.54, 1.807) is 0 Å². The highest BCUT2D eigenvalue weighted by molar-refractivity contribution is 5.29. The van der Waals surface area contributed by atoms with Gasteiger partial charge < -0.3 is 10.1 Å². The minimum atomic E-state index is 0.306. The average Bonchev–Trinajstić information content (AvgIpc) is 2.54. The summed E-state index contributed by atoms with van der Waals surface area (Å²) < 4.78 is 5.62. The maximum Gasteiger partial charge on any atom is 0.119 e. The van der Waals surface area contributed by atoms with E-state index in [-0.39, 0.29) is 0 Å². The van der Waals surface area contributed by atoms with Crippen molar-refractivity contribution in [3.63, 3.8) is 0 Å². The Hall–Kier alpha value is -1.80. The van der Waals surface area contributed by atoms with Crippen LogP contribution in [-0.2, 0) is 0 Å². The smallest absolute Gasteiger partial charge is 0.119 e. The van der Waals surface area contributed by atoms with Crippen molar-refractivity contribution in [1.82, 2.24) is 5.32 Å². The van der Waals surface area contributed by atoms with Crippen molar-refractivity contribution in [2.45, 2.75) is 39.3 Å². The molecule has 0 bridgehead atoms. The SMILES string of the molecule is CCCOc1ccc(C(C)N[C@H](C)c2ccccc2)cc1. The maximum atomic E-state index is 5.62. The van der Waals surface area contributed by atoms with Gasteiger partial charge in [-0.25, -0.2) is 0 Å². The zero-order valence-electron chi connectivity index (χ0n) is 13.2. The fourth-order valence-corrected chi connectivity index (χ4v) is 2.38. The van der Waals surface area contributed by atoms with Gasteiger partial charge in [0.2, 0.25) is 0 Å². The van der Waals surface area contributed by atoms with Crippen LogP contribution in [0.25, 0.3) is 0 Å². The molecule has 2 rings (SSSR count). The Bertz CT molecular complexity index is 521. The minimum absolute atomic E-state index is 0.306. The third-order valence-corrected chi connectivity index (χ3v) is 3.65. The van der Waals surface area contributed by atoms with Gasteiger partial charge in [-0.05, 0) is 43.5 Å². The van der Waals surface area contributed by atoms with Crippen LogP contribution in [0.4, 0.5) is 0 Å². The van der Waals surface area contributed by atoms with Crippen LogP contribution < -0.4 is 10.1 Å². The highest BCUT2D eigenvalue weighted by atomic mass is 16.5. The first-order valence-corrected chi connectivity index (χ1v) is 7.74. The summed E-state index contributed by atoms with van der Waals surface area (Å²) in [6, 6.07) is 19.5. The lowest BCUT2D eigenvalue weighted by atomic mass is 10.0. The topological polar surface area (TPSA) is 21.3 Å². The molecule has 2 nitrogen and oxygen atoms in total. The molecule has 1 N–H and O–H groups in total. The van der Waals surface area contributed by atoms with Crippen LogP contribution in [0.2, 0.25) is 0 Å². The molecule has 0 saturated carbocycles. The van der Waals surface area contributed by atoms with Crippen LogP contribution in [0.5, 0.6) is 5.75 Å². The molecule has 0 radical (unpaired) electrons. The van der Waals surface area contributed by atoms with Crippen molar-refractivity contribution in [1.29, 1.82) is 0 Å². The summed E-state index contributed by atoms with van der Waals surface area (Å²) >= 11 is 0. The Morgan fingerprint density at radius 3 is 2.00 bits per heavy atom. The standard InChI is InChI=1S/C19H25NO/c1-4-14-21-19-12-10-18(11-13-19)16(3)20-15(2)17-8-6-5-7-9-17/h5-13,15-16,20H,4,14H2,1-3H3/t15-,16?/m1/s1. The third kappa shape index (κ3) is 4.61. The third-order valence-electron chi connectivity index (χ3n) is 3.65. The number of benzene rings is 2. The number of nitrogens with one attached hydrogen (secondary N) is 1. The second kappa shape index (κ2) is 7.84. The second-order valence-electron chi connectivity index (χ2n) is 5.44. The fourth-order valence-electron chi connectivity index (χ4n) is 2.38. The van der Waals surface area contributed by atoms with Gasteiger partial charge in [0.15, 0.2) is 0 Å². The van der Waals surface area contributed by atoms with Crippen molar-refractivity contribution in [2.75, 3.05) is 6.61 Å². The molecule has 0 spiro atoms. The summed E-state index contributed by atoms with van der Waals surface area (Å²) in [5, 5.41) is 3.63. The van der Waals surface area contributed by atoms with Gasteiger partial charge in [-0.2, -0.15) is 0 Å². The molecule has 0 amide bonds. The summed E-state index contributed by atoms with van der Waals surface area (Å²) in [6.45, 7) is 7.29. The second-order valence-corrected chi connectivity index (χ2v) is 5.44. The summed E-state index contributed by atoms with van der Waals surface area (Å²) in [5.74, 6) is 0.948. The van der Waals surface area contributed by atoms with E-state index in [9.17, 15) is 0 Å².